The number of furan rings is 1. The minimum absolute atomic E-state index is 0.0575. The van der Waals surface area contributed by atoms with Crippen molar-refractivity contribution in [3.8, 4) is 0 Å². The molecule has 0 aromatic carbocycles. The SMILES string of the molecule is CC1CC(C)CN(CCCNC(=O)N(C)Cc2ccc(Br)o2)C1. The molecule has 0 saturated carbocycles. The number of carbonyl (C=O) groups is 1. The highest BCUT2D eigenvalue weighted by Crippen LogP contribution is 2.20. The predicted molar refractivity (Wildman–Crippen MR) is 95.3 cm³/mol. The molecule has 0 bridgehead atoms. The molecular formula is C17H28BrN3O2. The van der Waals surface area contributed by atoms with Crippen LogP contribution in [0, 0.1) is 11.8 Å². The van der Waals surface area contributed by atoms with Crippen LogP contribution in [0.25, 0.3) is 0 Å². The molecule has 2 amide bonds. The van der Waals surface area contributed by atoms with Crippen molar-refractivity contribution < 1.29 is 9.21 Å². The first kappa shape index (κ1) is 18.3. The fraction of sp³-hybridized carbons (Fsp3) is 0.706. The Bertz CT molecular complexity index is 496. The average Bonchev–Trinajstić information content (AvgIpc) is 2.87. The van der Waals surface area contributed by atoms with Gasteiger partial charge in [0.2, 0.25) is 0 Å². The van der Waals surface area contributed by atoms with Crippen LogP contribution in [-0.2, 0) is 6.54 Å². The summed E-state index contributed by atoms with van der Waals surface area (Å²) >= 11 is 3.27. The molecule has 2 heterocycles. The predicted octanol–water partition coefficient (Wildman–Crippen LogP) is 3.55. The van der Waals surface area contributed by atoms with E-state index in [-0.39, 0.29) is 6.03 Å². The number of likely N-dealkylation sites (tertiary alicyclic amines) is 1. The number of piperidine rings is 1. The van der Waals surface area contributed by atoms with Gasteiger partial charge in [-0.3, -0.25) is 0 Å². The lowest BCUT2D eigenvalue weighted by Crippen LogP contribution is -2.41. The Morgan fingerprint density at radius 2 is 2.09 bits per heavy atom. The lowest BCUT2D eigenvalue weighted by Gasteiger charge is -2.35. The van der Waals surface area contributed by atoms with Gasteiger partial charge in [-0.15, -0.1) is 0 Å². The van der Waals surface area contributed by atoms with Crippen molar-refractivity contribution in [3.05, 3.63) is 22.6 Å². The van der Waals surface area contributed by atoms with Crippen molar-refractivity contribution in [2.45, 2.75) is 33.2 Å². The minimum Gasteiger partial charge on any atom is -0.452 e. The fourth-order valence-electron chi connectivity index (χ4n) is 3.35. The highest BCUT2D eigenvalue weighted by atomic mass is 79.9. The molecular weight excluding hydrogens is 358 g/mol. The molecule has 1 aliphatic heterocycles. The van der Waals surface area contributed by atoms with Crippen LogP contribution < -0.4 is 5.32 Å². The van der Waals surface area contributed by atoms with Gasteiger partial charge in [0.1, 0.15) is 5.76 Å². The molecule has 1 aliphatic rings. The Labute approximate surface area is 147 Å². The number of nitrogens with zero attached hydrogens (tertiary/aromatic N) is 2. The van der Waals surface area contributed by atoms with Crippen LogP contribution in [-0.4, -0.2) is 49.1 Å². The summed E-state index contributed by atoms with van der Waals surface area (Å²) in [6, 6.07) is 3.65. The van der Waals surface area contributed by atoms with Gasteiger partial charge in [-0.1, -0.05) is 13.8 Å². The van der Waals surface area contributed by atoms with Gasteiger partial charge in [0.15, 0.2) is 4.67 Å². The molecule has 2 atom stereocenters. The van der Waals surface area contributed by atoms with Crippen molar-refractivity contribution >= 4 is 22.0 Å². The largest absolute Gasteiger partial charge is 0.452 e. The van der Waals surface area contributed by atoms with E-state index in [0.29, 0.717) is 17.8 Å². The summed E-state index contributed by atoms with van der Waals surface area (Å²) in [4.78, 5) is 16.2. The molecule has 0 radical (unpaired) electrons. The highest BCUT2D eigenvalue weighted by Gasteiger charge is 2.21. The molecule has 2 rings (SSSR count). The number of rotatable bonds is 6. The van der Waals surface area contributed by atoms with E-state index in [4.69, 9.17) is 4.42 Å². The van der Waals surface area contributed by atoms with Gasteiger partial charge >= 0.3 is 6.03 Å². The first-order chi connectivity index (χ1) is 10.9. The minimum atomic E-state index is -0.0575. The Kier molecular flexibility index (Phi) is 6.96. The zero-order chi connectivity index (χ0) is 16.8. The molecule has 1 saturated heterocycles. The van der Waals surface area contributed by atoms with E-state index in [1.807, 2.05) is 12.1 Å². The second-order valence-corrected chi connectivity index (χ2v) is 7.63. The number of urea groups is 1. The number of nitrogens with one attached hydrogen (secondary N) is 1. The van der Waals surface area contributed by atoms with E-state index in [2.05, 4.69) is 40.0 Å². The van der Waals surface area contributed by atoms with E-state index >= 15 is 0 Å². The van der Waals surface area contributed by atoms with Crippen LogP contribution in [0.4, 0.5) is 4.79 Å². The van der Waals surface area contributed by atoms with Gasteiger partial charge in [0, 0.05) is 26.7 Å². The summed E-state index contributed by atoms with van der Waals surface area (Å²) in [5.74, 6) is 2.34. The van der Waals surface area contributed by atoms with Crippen LogP contribution >= 0.6 is 15.9 Å². The smallest absolute Gasteiger partial charge is 0.317 e. The highest BCUT2D eigenvalue weighted by molar-refractivity contribution is 9.10. The van der Waals surface area contributed by atoms with Gasteiger partial charge in [0.25, 0.3) is 0 Å². The first-order valence-corrected chi connectivity index (χ1v) is 9.19. The number of amides is 2. The lowest BCUT2D eigenvalue weighted by atomic mass is 9.92. The van der Waals surface area contributed by atoms with Crippen molar-refractivity contribution in [1.82, 2.24) is 15.1 Å². The maximum absolute atomic E-state index is 12.1. The zero-order valence-corrected chi connectivity index (χ0v) is 15.9. The number of hydrogen-bond donors (Lipinski definition) is 1. The van der Waals surface area contributed by atoms with E-state index in [1.165, 1.54) is 19.5 Å². The second kappa shape index (κ2) is 8.73. The topological polar surface area (TPSA) is 48.7 Å². The molecule has 1 N–H and O–H groups in total. The Hall–Kier alpha value is -1.01. The third-order valence-electron chi connectivity index (χ3n) is 4.24. The Balaban J connectivity index is 1.62. The van der Waals surface area contributed by atoms with Crippen molar-refractivity contribution in [2.24, 2.45) is 11.8 Å². The molecule has 130 valence electrons. The summed E-state index contributed by atoms with van der Waals surface area (Å²) in [5.41, 5.74) is 0. The summed E-state index contributed by atoms with van der Waals surface area (Å²) in [7, 11) is 1.78. The van der Waals surface area contributed by atoms with Crippen molar-refractivity contribution in [3.63, 3.8) is 0 Å². The van der Waals surface area contributed by atoms with Crippen LogP contribution in [0.3, 0.4) is 0 Å². The van der Waals surface area contributed by atoms with E-state index in [1.54, 1.807) is 11.9 Å². The van der Waals surface area contributed by atoms with Crippen molar-refractivity contribution in [2.75, 3.05) is 33.2 Å². The third kappa shape index (κ3) is 6.18. The average molecular weight is 386 g/mol. The summed E-state index contributed by atoms with van der Waals surface area (Å²) in [6.07, 6.45) is 2.33. The Morgan fingerprint density at radius 3 is 2.70 bits per heavy atom. The molecule has 5 nitrogen and oxygen atoms in total. The van der Waals surface area contributed by atoms with Gasteiger partial charge in [-0.2, -0.15) is 0 Å². The quantitative estimate of drug-likeness (QED) is 0.761. The van der Waals surface area contributed by atoms with Crippen LogP contribution in [0.1, 0.15) is 32.4 Å². The van der Waals surface area contributed by atoms with Gasteiger partial charge < -0.3 is 19.5 Å². The van der Waals surface area contributed by atoms with Crippen LogP contribution in [0.5, 0.6) is 0 Å². The standard InChI is InChI=1S/C17H28BrN3O2/c1-13-9-14(2)11-21(10-13)8-4-7-19-17(22)20(3)12-15-5-6-16(18)23-15/h5-6,13-14H,4,7-12H2,1-3H3,(H,19,22). The normalized spacial score (nSPS) is 22.1. The van der Waals surface area contributed by atoms with Crippen LogP contribution in [0.15, 0.2) is 21.2 Å². The van der Waals surface area contributed by atoms with Crippen LogP contribution in [0.2, 0.25) is 0 Å². The number of carbonyl (C=O) groups excluding carboxylic acids is 1. The maximum Gasteiger partial charge on any atom is 0.317 e. The molecule has 0 aliphatic carbocycles. The maximum atomic E-state index is 12.1. The summed E-state index contributed by atoms with van der Waals surface area (Å²) in [6.45, 7) is 9.27. The molecule has 6 heteroatoms. The van der Waals surface area contributed by atoms with Gasteiger partial charge in [-0.25, -0.2) is 4.79 Å². The third-order valence-corrected chi connectivity index (χ3v) is 4.67. The summed E-state index contributed by atoms with van der Waals surface area (Å²) < 4.78 is 6.10. The molecule has 1 aromatic heterocycles. The van der Waals surface area contributed by atoms with E-state index in [0.717, 1.165) is 30.6 Å². The molecule has 2 unspecified atom stereocenters. The fourth-order valence-corrected chi connectivity index (χ4v) is 3.69. The second-order valence-electron chi connectivity index (χ2n) is 6.85. The molecule has 1 aromatic rings. The Morgan fingerprint density at radius 1 is 1.39 bits per heavy atom. The van der Waals surface area contributed by atoms with E-state index in [9.17, 15) is 4.79 Å². The lowest BCUT2D eigenvalue weighted by molar-refractivity contribution is 0.139. The number of hydrogen-bond acceptors (Lipinski definition) is 3. The monoisotopic (exact) mass is 385 g/mol. The van der Waals surface area contributed by atoms with E-state index < -0.39 is 0 Å². The number of halogens is 1. The first-order valence-electron chi connectivity index (χ1n) is 8.39. The van der Waals surface area contributed by atoms with Crippen molar-refractivity contribution in [1.29, 1.82) is 0 Å². The van der Waals surface area contributed by atoms with Gasteiger partial charge in [-0.05, 0) is 59.3 Å². The zero-order valence-electron chi connectivity index (χ0n) is 14.3. The summed E-state index contributed by atoms with van der Waals surface area (Å²) in [5, 5.41) is 2.98. The van der Waals surface area contributed by atoms with Gasteiger partial charge in [0.05, 0.1) is 6.54 Å². The molecule has 0 spiro atoms. The molecule has 23 heavy (non-hydrogen) atoms. The molecule has 1 fully saturated rings.